The zero-order valence-electron chi connectivity index (χ0n) is 15.2. The Bertz CT molecular complexity index is 767. The number of anilines is 1. The summed E-state index contributed by atoms with van der Waals surface area (Å²) in [6, 6.07) is 16.9. The Morgan fingerprint density at radius 2 is 1.70 bits per heavy atom. The lowest BCUT2D eigenvalue weighted by Crippen LogP contribution is -2.29. The third-order valence-electron chi connectivity index (χ3n) is 4.91. The van der Waals surface area contributed by atoms with Crippen LogP contribution >= 0.6 is 12.4 Å². The van der Waals surface area contributed by atoms with E-state index in [1.54, 1.807) is 18.2 Å². The van der Waals surface area contributed by atoms with E-state index >= 15 is 0 Å². The highest BCUT2D eigenvalue weighted by atomic mass is 35.5. The van der Waals surface area contributed by atoms with Gasteiger partial charge in [0.25, 0.3) is 5.91 Å². The van der Waals surface area contributed by atoms with Crippen LogP contribution in [0.1, 0.15) is 41.6 Å². The first-order valence-electron chi connectivity index (χ1n) is 9.10. The lowest BCUT2D eigenvalue weighted by molar-refractivity contribution is -0.117. The number of benzene rings is 2. The van der Waals surface area contributed by atoms with Gasteiger partial charge in [-0.1, -0.05) is 48.9 Å². The highest BCUT2D eigenvalue weighted by molar-refractivity contribution is 6.03. The van der Waals surface area contributed by atoms with Crippen LogP contribution in [0.15, 0.2) is 54.6 Å². The first kappa shape index (κ1) is 20.9. The van der Waals surface area contributed by atoms with E-state index in [0.29, 0.717) is 24.2 Å². The molecule has 1 fully saturated rings. The molecule has 5 nitrogen and oxygen atoms in total. The van der Waals surface area contributed by atoms with Crippen molar-refractivity contribution >= 4 is 29.9 Å². The Balaban J connectivity index is 0.00000261. The summed E-state index contributed by atoms with van der Waals surface area (Å²) in [7, 11) is 0. The molecule has 2 atom stereocenters. The fourth-order valence-corrected chi connectivity index (χ4v) is 3.42. The minimum Gasteiger partial charge on any atom is -0.348 e. The maximum absolute atomic E-state index is 12.5. The van der Waals surface area contributed by atoms with Crippen LogP contribution in [0, 0.1) is 5.92 Å². The van der Waals surface area contributed by atoms with Gasteiger partial charge >= 0.3 is 0 Å². The summed E-state index contributed by atoms with van der Waals surface area (Å²) in [4.78, 5) is 24.9. The molecule has 0 saturated heterocycles. The average molecular weight is 388 g/mol. The smallest absolute Gasteiger partial charge is 0.253 e. The Kier molecular flexibility index (Phi) is 7.82. The van der Waals surface area contributed by atoms with Gasteiger partial charge in [0.15, 0.2) is 0 Å². The molecule has 2 amide bonds. The molecule has 0 unspecified atom stereocenters. The quantitative estimate of drug-likeness (QED) is 0.709. The fraction of sp³-hybridized carbons (Fsp3) is 0.333. The van der Waals surface area contributed by atoms with Crippen LogP contribution in [0.25, 0.3) is 0 Å². The van der Waals surface area contributed by atoms with Crippen LogP contribution in [0.3, 0.4) is 0 Å². The van der Waals surface area contributed by atoms with Gasteiger partial charge in [-0.15, -0.1) is 12.4 Å². The molecule has 0 aliphatic heterocycles. The number of carbonyl (C=O) groups excluding carboxylic acids is 2. The zero-order chi connectivity index (χ0) is 18.4. The van der Waals surface area contributed by atoms with E-state index in [0.717, 1.165) is 24.8 Å². The molecule has 1 aliphatic carbocycles. The van der Waals surface area contributed by atoms with Crippen molar-refractivity contribution < 1.29 is 9.59 Å². The van der Waals surface area contributed by atoms with Gasteiger partial charge in [-0.25, -0.2) is 0 Å². The summed E-state index contributed by atoms with van der Waals surface area (Å²) in [5.74, 6) is -0.0629. The number of halogens is 1. The predicted octanol–water partition coefficient (Wildman–Crippen LogP) is 3.49. The minimum atomic E-state index is -0.206. The Morgan fingerprint density at radius 3 is 2.41 bits per heavy atom. The summed E-state index contributed by atoms with van der Waals surface area (Å²) in [6.07, 6.45) is 3.46. The van der Waals surface area contributed by atoms with Gasteiger partial charge in [-0.05, 0) is 36.5 Å². The van der Waals surface area contributed by atoms with E-state index in [1.807, 2.05) is 36.4 Å². The number of nitrogens with one attached hydrogen (secondary N) is 2. The third kappa shape index (κ3) is 5.81. The van der Waals surface area contributed by atoms with Crippen molar-refractivity contribution in [2.45, 2.75) is 38.3 Å². The van der Waals surface area contributed by atoms with Gasteiger partial charge in [-0.2, -0.15) is 0 Å². The molecule has 27 heavy (non-hydrogen) atoms. The Hall–Kier alpha value is -2.37. The standard InChI is InChI=1S/C21H25N3O2.ClH/c22-18-11-6-9-16(18)13-20(25)24-19-12-5-4-10-17(19)21(26)23-14-15-7-2-1-3-8-15;/h1-5,7-8,10,12,16,18H,6,9,11,13-14,22H2,(H,23,26)(H,24,25);1H/t16-,18+;/m0./s1. The lowest BCUT2D eigenvalue weighted by atomic mass is 9.99. The van der Waals surface area contributed by atoms with E-state index in [4.69, 9.17) is 5.73 Å². The maximum atomic E-state index is 12.5. The highest BCUT2D eigenvalue weighted by Crippen LogP contribution is 2.27. The van der Waals surface area contributed by atoms with E-state index in [1.165, 1.54) is 0 Å². The molecule has 3 rings (SSSR count). The third-order valence-corrected chi connectivity index (χ3v) is 4.91. The summed E-state index contributed by atoms with van der Waals surface area (Å²) in [5, 5.41) is 5.78. The Labute approximate surface area is 166 Å². The normalized spacial score (nSPS) is 18.4. The molecule has 0 bridgehead atoms. The summed E-state index contributed by atoms with van der Waals surface area (Å²) in [6.45, 7) is 0.443. The molecule has 1 aliphatic rings. The van der Waals surface area contributed by atoms with E-state index in [2.05, 4.69) is 10.6 Å². The van der Waals surface area contributed by atoms with Gasteiger partial charge in [0, 0.05) is 19.0 Å². The molecule has 6 heteroatoms. The van der Waals surface area contributed by atoms with Crippen molar-refractivity contribution in [3.63, 3.8) is 0 Å². The molecule has 2 aromatic rings. The molecule has 2 aromatic carbocycles. The van der Waals surface area contributed by atoms with Crippen molar-refractivity contribution in [2.75, 3.05) is 5.32 Å². The largest absolute Gasteiger partial charge is 0.348 e. The number of para-hydroxylation sites is 1. The molecule has 4 N–H and O–H groups in total. The van der Waals surface area contributed by atoms with Crippen LogP contribution in [0.4, 0.5) is 5.69 Å². The van der Waals surface area contributed by atoms with E-state index in [-0.39, 0.29) is 36.2 Å². The van der Waals surface area contributed by atoms with Gasteiger partial charge in [0.1, 0.15) is 0 Å². The number of hydrogen-bond acceptors (Lipinski definition) is 3. The fourth-order valence-electron chi connectivity index (χ4n) is 3.42. The highest BCUT2D eigenvalue weighted by Gasteiger charge is 2.26. The second kappa shape index (κ2) is 10.1. The van der Waals surface area contributed by atoms with Crippen LogP contribution < -0.4 is 16.4 Å². The van der Waals surface area contributed by atoms with Crippen LogP contribution in [0.2, 0.25) is 0 Å². The number of carbonyl (C=O) groups is 2. The SMILES string of the molecule is Cl.N[C@@H]1CCC[C@H]1CC(=O)Nc1ccccc1C(=O)NCc1ccccc1. The molecule has 0 aromatic heterocycles. The summed E-state index contributed by atoms with van der Waals surface area (Å²) < 4.78 is 0. The second-order valence-electron chi connectivity index (χ2n) is 6.82. The van der Waals surface area contributed by atoms with E-state index in [9.17, 15) is 9.59 Å². The molecule has 0 radical (unpaired) electrons. The Morgan fingerprint density at radius 1 is 1.00 bits per heavy atom. The lowest BCUT2D eigenvalue weighted by Gasteiger charge is -2.16. The van der Waals surface area contributed by atoms with Gasteiger partial charge in [0.2, 0.25) is 5.91 Å². The predicted molar refractivity (Wildman–Crippen MR) is 110 cm³/mol. The van der Waals surface area contributed by atoms with Crippen molar-refractivity contribution in [2.24, 2.45) is 11.7 Å². The van der Waals surface area contributed by atoms with Crippen LogP contribution in [0.5, 0.6) is 0 Å². The molecule has 0 spiro atoms. The van der Waals surface area contributed by atoms with Crippen LogP contribution in [-0.4, -0.2) is 17.9 Å². The first-order chi connectivity index (χ1) is 12.6. The van der Waals surface area contributed by atoms with Crippen molar-refractivity contribution in [3.8, 4) is 0 Å². The molecule has 144 valence electrons. The minimum absolute atomic E-state index is 0. The second-order valence-corrected chi connectivity index (χ2v) is 6.82. The molecular weight excluding hydrogens is 362 g/mol. The van der Waals surface area contributed by atoms with E-state index < -0.39 is 0 Å². The van der Waals surface area contributed by atoms with Gasteiger partial charge < -0.3 is 16.4 Å². The van der Waals surface area contributed by atoms with Crippen molar-refractivity contribution in [1.29, 1.82) is 0 Å². The summed E-state index contributed by atoms with van der Waals surface area (Å²) in [5.41, 5.74) is 8.08. The molecular formula is C21H26ClN3O2. The van der Waals surface area contributed by atoms with Crippen molar-refractivity contribution in [3.05, 3.63) is 65.7 Å². The number of amides is 2. The molecule has 0 heterocycles. The molecule has 1 saturated carbocycles. The van der Waals surface area contributed by atoms with Gasteiger partial charge in [-0.3, -0.25) is 9.59 Å². The van der Waals surface area contributed by atoms with Gasteiger partial charge in [0.05, 0.1) is 11.3 Å². The monoisotopic (exact) mass is 387 g/mol. The topological polar surface area (TPSA) is 84.2 Å². The van der Waals surface area contributed by atoms with Crippen LogP contribution in [-0.2, 0) is 11.3 Å². The summed E-state index contributed by atoms with van der Waals surface area (Å²) >= 11 is 0. The zero-order valence-corrected chi connectivity index (χ0v) is 16.0. The number of nitrogens with two attached hydrogens (primary N) is 1. The first-order valence-corrected chi connectivity index (χ1v) is 9.10. The number of rotatable bonds is 6. The number of hydrogen-bond donors (Lipinski definition) is 3. The average Bonchev–Trinajstić information content (AvgIpc) is 3.05. The van der Waals surface area contributed by atoms with Crippen molar-refractivity contribution in [1.82, 2.24) is 5.32 Å². The maximum Gasteiger partial charge on any atom is 0.253 e.